The fraction of sp³-hybridized carbons (Fsp3) is 0.625. The zero-order valence-electron chi connectivity index (χ0n) is 19.2. The molecule has 1 saturated heterocycles. The molecule has 3 amide bonds. The lowest BCUT2D eigenvalue weighted by molar-refractivity contribution is -0.140. The molecule has 1 aromatic carbocycles. The zero-order chi connectivity index (χ0) is 23.6. The van der Waals surface area contributed by atoms with Crippen LogP contribution in [-0.4, -0.2) is 55.0 Å². The van der Waals surface area contributed by atoms with E-state index in [0.717, 1.165) is 57.8 Å². The molecule has 0 spiro atoms. The van der Waals surface area contributed by atoms with E-state index in [1.54, 1.807) is 25.2 Å². The normalized spacial score (nSPS) is 24.2. The van der Waals surface area contributed by atoms with Crippen LogP contribution in [0.5, 0.6) is 0 Å². The van der Waals surface area contributed by atoms with Crippen molar-refractivity contribution in [2.24, 2.45) is 11.8 Å². The van der Waals surface area contributed by atoms with E-state index in [-0.39, 0.29) is 53.2 Å². The summed E-state index contributed by atoms with van der Waals surface area (Å²) >= 11 is 0. The van der Waals surface area contributed by atoms with E-state index in [9.17, 15) is 22.8 Å². The number of fused-ring (bicyclic) bond motifs is 1. The van der Waals surface area contributed by atoms with Crippen LogP contribution in [0.4, 0.5) is 5.69 Å². The van der Waals surface area contributed by atoms with Crippen molar-refractivity contribution < 1.29 is 22.8 Å². The second kappa shape index (κ2) is 9.93. The summed E-state index contributed by atoms with van der Waals surface area (Å²) in [5.41, 5.74) is 0.220. The van der Waals surface area contributed by atoms with Gasteiger partial charge in [0, 0.05) is 26.1 Å². The summed E-state index contributed by atoms with van der Waals surface area (Å²) < 4.78 is 28.0. The molecule has 0 aromatic heterocycles. The molecule has 2 saturated carbocycles. The van der Waals surface area contributed by atoms with Crippen molar-refractivity contribution in [3.8, 4) is 0 Å². The third-order valence-electron chi connectivity index (χ3n) is 7.40. The van der Waals surface area contributed by atoms with E-state index in [2.05, 4.69) is 5.32 Å². The maximum absolute atomic E-state index is 13.3. The van der Waals surface area contributed by atoms with E-state index in [1.807, 2.05) is 0 Å². The number of hydrogen-bond donors (Lipinski definition) is 1. The van der Waals surface area contributed by atoms with Gasteiger partial charge in [0.05, 0.1) is 17.5 Å². The predicted octanol–water partition coefficient (Wildman–Crippen LogP) is 3.14. The summed E-state index contributed by atoms with van der Waals surface area (Å²) in [4.78, 5) is 39.2. The molecular weight excluding hydrogens is 442 g/mol. The van der Waals surface area contributed by atoms with Crippen LogP contribution in [0.1, 0.15) is 64.2 Å². The molecule has 3 fully saturated rings. The van der Waals surface area contributed by atoms with Crippen LogP contribution in [0.2, 0.25) is 0 Å². The van der Waals surface area contributed by atoms with Crippen LogP contribution in [0.3, 0.4) is 0 Å². The van der Waals surface area contributed by atoms with Crippen LogP contribution in [0.25, 0.3) is 0 Å². The Kier molecular flexibility index (Phi) is 7.19. The molecule has 33 heavy (non-hydrogen) atoms. The quantitative estimate of drug-likeness (QED) is 0.610. The number of nitrogens with zero attached hydrogens (tertiary/aromatic N) is 2. The number of carbonyl (C=O) groups excluding carboxylic acids is 3. The highest BCUT2D eigenvalue weighted by molar-refractivity contribution is 7.89. The molecule has 2 unspecified atom stereocenters. The molecule has 9 heteroatoms. The van der Waals surface area contributed by atoms with Gasteiger partial charge in [0.15, 0.2) is 0 Å². The van der Waals surface area contributed by atoms with E-state index < -0.39 is 15.9 Å². The van der Waals surface area contributed by atoms with Gasteiger partial charge in [-0.2, -0.15) is 4.31 Å². The smallest absolute Gasteiger partial charge is 0.245 e. The van der Waals surface area contributed by atoms with Gasteiger partial charge in [-0.25, -0.2) is 8.42 Å². The fourth-order valence-electron chi connectivity index (χ4n) is 5.47. The average molecular weight is 476 g/mol. The topological polar surface area (TPSA) is 104 Å². The number of likely N-dealkylation sites (tertiary alicyclic amines) is 1. The maximum atomic E-state index is 13.3. The number of carbonyl (C=O) groups is 3. The monoisotopic (exact) mass is 475 g/mol. The molecule has 2 atom stereocenters. The summed E-state index contributed by atoms with van der Waals surface area (Å²) in [5.74, 6) is -1.25. The number of para-hydroxylation sites is 1. The van der Waals surface area contributed by atoms with Gasteiger partial charge in [0.25, 0.3) is 0 Å². The Morgan fingerprint density at radius 3 is 2.18 bits per heavy atom. The molecule has 0 radical (unpaired) electrons. The number of imide groups is 1. The standard InChI is InChI=1S/C24H33N3O5S/c1-26(17-9-3-2-4-10-17)33(31,32)21-14-8-7-13-20(21)25-22(28)15-16-27-23(29)18-11-5-6-12-19(18)24(27)30/h7-8,13-14,17-19H,2-6,9-12,15-16H2,1H3,(H,25,28). The zero-order valence-corrected chi connectivity index (χ0v) is 20.0. The van der Waals surface area contributed by atoms with Crippen molar-refractivity contribution in [3.63, 3.8) is 0 Å². The first-order chi connectivity index (χ1) is 15.8. The summed E-state index contributed by atoms with van der Waals surface area (Å²) in [5, 5.41) is 2.70. The van der Waals surface area contributed by atoms with Crippen LogP contribution in [0, 0.1) is 11.8 Å². The third-order valence-corrected chi connectivity index (χ3v) is 9.37. The van der Waals surface area contributed by atoms with Crippen LogP contribution in [0.15, 0.2) is 29.2 Å². The van der Waals surface area contributed by atoms with Gasteiger partial charge in [0.1, 0.15) is 4.90 Å². The number of anilines is 1. The van der Waals surface area contributed by atoms with E-state index in [0.29, 0.717) is 0 Å². The molecule has 2 aliphatic carbocycles. The van der Waals surface area contributed by atoms with Gasteiger partial charge in [-0.15, -0.1) is 0 Å². The van der Waals surface area contributed by atoms with E-state index in [4.69, 9.17) is 0 Å². The number of benzene rings is 1. The van der Waals surface area contributed by atoms with Gasteiger partial charge in [-0.05, 0) is 37.8 Å². The van der Waals surface area contributed by atoms with Crippen molar-refractivity contribution >= 4 is 33.4 Å². The first kappa shape index (κ1) is 23.9. The maximum Gasteiger partial charge on any atom is 0.245 e. The second-order valence-electron chi connectivity index (χ2n) is 9.43. The van der Waals surface area contributed by atoms with Crippen molar-refractivity contribution in [2.75, 3.05) is 18.9 Å². The minimum atomic E-state index is -3.78. The van der Waals surface area contributed by atoms with Gasteiger partial charge < -0.3 is 5.32 Å². The Labute approximate surface area is 195 Å². The fourth-order valence-corrected chi connectivity index (χ4v) is 7.03. The van der Waals surface area contributed by atoms with E-state index in [1.165, 1.54) is 15.3 Å². The van der Waals surface area contributed by atoms with Gasteiger partial charge in [-0.3, -0.25) is 19.3 Å². The Morgan fingerprint density at radius 2 is 1.55 bits per heavy atom. The molecule has 1 aromatic rings. The first-order valence-corrected chi connectivity index (χ1v) is 13.5. The summed E-state index contributed by atoms with van der Waals surface area (Å²) in [6.07, 6.45) is 8.13. The van der Waals surface area contributed by atoms with Crippen LogP contribution >= 0.6 is 0 Å². The van der Waals surface area contributed by atoms with Crippen molar-refractivity contribution in [1.29, 1.82) is 0 Å². The molecular formula is C24H33N3O5S. The van der Waals surface area contributed by atoms with Crippen molar-refractivity contribution in [3.05, 3.63) is 24.3 Å². The minimum Gasteiger partial charge on any atom is -0.325 e. The lowest BCUT2D eigenvalue weighted by Crippen LogP contribution is -2.38. The number of hydrogen-bond acceptors (Lipinski definition) is 5. The summed E-state index contributed by atoms with van der Waals surface area (Å²) in [6.45, 7) is 0.0212. The third kappa shape index (κ3) is 4.84. The number of rotatable bonds is 7. The number of sulfonamides is 1. The Balaban J connectivity index is 1.42. The number of nitrogens with one attached hydrogen (secondary N) is 1. The SMILES string of the molecule is CN(C1CCCCC1)S(=O)(=O)c1ccccc1NC(=O)CCN1C(=O)C2CCCCC2C1=O. The van der Waals surface area contributed by atoms with Crippen molar-refractivity contribution in [2.45, 2.75) is 75.1 Å². The van der Waals surface area contributed by atoms with Gasteiger partial charge in [-0.1, -0.05) is 44.2 Å². The minimum absolute atomic E-state index is 0.0212. The molecule has 8 nitrogen and oxygen atoms in total. The number of amides is 3. The first-order valence-electron chi connectivity index (χ1n) is 12.0. The molecule has 1 N–H and O–H groups in total. The van der Waals surface area contributed by atoms with E-state index >= 15 is 0 Å². The molecule has 3 aliphatic rings. The Morgan fingerprint density at radius 1 is 0.970 bits per heavy atom. The van der Waals surface area contributed by atoms with Crippen LogP contribution < -0.4 is 5.32 Å². The van der Waals surface area contributed by atoms with Crippen LogP contribution in [-0.2, 0) is 24.4 Å². The molecule has 1 aliphatic heterocycles. The highest BCUT2D eigenvalue weighted by atomic mass is 32.2. The predicted molar refractivity (Wildman–Crippen MR) is 124 cm³/mol. The highest BCUT2D eigenvalue weighted by Gasteiger charge is 2.47. The highest BCUT2D eigenvalue weighted by Crippen LogP contribution is 2.38. The lowest BCUT2D eigenvalue weighted by atomic mass is 9.81. The Bertz CT molecular complexity index is 995. The summed E-state index contributed by atoms with van der Waals surface area (Å²) in [6, 6.07) is 6.35. The largest absolute Gasteiger partial charge is 0.325 e. The van der Waals surface area contributed by atoms with Gasteiger partial charge in [0.2, 0.25) is 27.7 Å². The van der Waals surface area contributed by atoms with Gasteiger partial charge >= 0.3 is 0 Å². The molecule has 180 valence electrons. The second-order valence-corrected chi connectivity index (χ2v) is 11.4. The lowest BCUT2D eigenvalue weighted by Gasteiger charge is -2.30. The average Bonchev–Trinajstić information content (AvgIpc) is 3.07. The molecule has 0 bridgehead atoms. The molecule has 1 heterocycles. The Hall–Kier alpha value is -2.26. The molecule has 4 rings (SSSR count). The summed E-state index contributed by atoms with van der Waals surface area (Å²) in [7, 11) is -2.17. The van der Waals surface area contributed by atoms with Crippen molar-refractivity contribution in [1.82, 2.24) is 9.21 Å².